The van der Waals surface area contributed by atoms with Gasteiger partial charge in [-0.05, 0) is 37.1 Å². The monoisotopic (exact) mass is 356 g/mol. The van der Waals surface area contributed by atoms with Gasteiger partial charge in [-0.3, -0.25) is 9.59 Å². The van der Waals surface area contributed by atoms with E-state index in [0.717, 1.165) is 11.1 Å². The van der Waals surface area contributed by atoms with Crippen LogP contribution in [-0.2, 0) is 9.59 Å². The lowest BCUT2D eigenvalue weighted by molar-refractivity contribution is -0.129. The molecule has 1 aliphatic rings. The maximum absolute atomic E-state index is 12.6. The van der Waals surface area contributed by atoms with Crippen molar-refractivity contribution >= 4 is 29.1 Å². The number of carbonyl (C=O) groups is 2. The summed E-state index contributed by atoms with van der Waals surface area (Å²) in [5.41, 5.74) is 2.60. The van der Waals surface area contributed by atoms with Crippen LogP contribution in [0.3, 0.4) is 0 Å². The van der Waals surface area contributed by atoms with Crippen molar-refractivity contribution < 1.29 is 9.59 Å². The Balaban J connectivity index is 1.69. The first-order valence-electron chi connectivity index (χ1n) is 8.37. The van der Waals surface area contributed by atoms with Gasteiger partial charge in [-0.15, -0.1) is 0 Å². The number of amides is 2. The zero-order chi connectivity index (χ0) is 18.0. The van der Waals surface area contributed by atoms with Gasteiger partial charge < -0.3 is 10.2 Å². The smallest absolute Gasteiger partial charge is 0.229 e. The van der Waals surface area contributed by atoms with E-state index < -0.39 is 0 Å². The summed E-state index contributed by atoms with van der Waals surface area (Å²) in [4.78, 5) is 26.8. The van der Waals surface area contributed by atoms with Crippen LogP contribution in [0.1, 0.15) is 30.5 Å². The molecule has 0 saturated carbocycles. The van der Waals surface area contributed by atoms with Crippen LogP contribution in [0.5, 0.6) is 0 Å². The van der Waals surface area contributed by atoms with Gasteiger partial charge in [-0.25, -0.2) is 0 Å². The van der Waals surface area contributed by atoms with Crippen LogP contribution in [0, 0.1) is 12.8 Å². The highest BCUT2D eigenvalue weighted by molar-refractivity contribution is 6.31. The fraction of sp³-hybridized carbons (Fsp3) is 0.300. The first kappa shape index (κ1) is 17.5. The summed E-state index contributed by atoms with van der Waals surface area (Å²) in [5, 5.41) is 3.52. The molecule has 0 aromatic heterocycles. The second-order valence-electron chi connectivity index (χ2n) is 6.44. The normalized spacial score (nSPS) is 18.3. The molecule has 0 radical (unpaired) electrons. The lowest BCUT2D eigenvalue weighted by Crippen LogP contribution is -2.30. The highest BCUT2D eigenvalue weighted by atomic mass is 35.5. The summed E-state index contributed by atoms with van der Waals surface area (Å²) in [6.07, 6.45) is 0.239. The van der Waals surface area contributed by atoms with Gasteiger partial charge in [0.25, 0.3) is 0 Å². The molecule has 0 aliphatic carbocycles. The third-order valence-electron chi connectivity index (χ3n) is 4.80. The minimum atomic E-state index is -0.350. The predicted octanol–water partition coefficient (Wildman–Crippen LogP) is 4.20. The van der Waals surface area contributed by atoms with E-state index in [1.807, 2.05) is 50.2 Å². The van der Waals surface area contributed by atoms with E-state index in [-0.39, 0.29) is 30.2 Å². The van der Waals surface area contributed by atoms with Crippen molar-refractivity contribution in [1.29, 1.82) is 0 Å². The Morgan fingerprint density at radius 2 is 1.92 bits per heavy atom. The Hall–Kier alpha value is -2.33. The molecule has 0 bridgehead atoms. The van der Waals surface area contributed by atoms with Crippen molar-refractivity contribution in [2.45, 2.75) is 26.3 Å². The molecular formula is C20H21ClN2O2. The van der Waals surface area contributed by atoms with Crippen LogP contribution >= 0.6 is 11.6 Å². The number of halogens is 1. The minimum Gasteiger partial charge on any atom is -0.335 e. The van der Waals surface area contributed by atoms with Gasteiger partial charge in [0, 0.05) is 23.7 Å². The van der Waals surface area contributed by atoms with Gasteiger partial charge in [0.15, 0.2) is 0 Å². The number of nitrogens with zero attached hydrogens (tertiary/aromatic N) is 1. The second kappa shape index (κ2) is 7.28. The molecule has 2 amide bonds. The van der Waals surface area contributed by atoms with E-state index in [1.165, 1.54) is 0 Å². The van der Waals surface area contributed by atoms with Crippen molar-refractivity contribution in [3.05, 3.63) is 64.7 Å². The largest absolute Gasteiger partial charge is 0.335 e. The van der Waals surface area contributed by atoms with E-state index in [1.54, 1.807) is 17.0 Å². The van der Waals surface area contributed by atoms with Crippen molar-refractivity contribution in [3.63, 3.8) is 0 Å². The molecule has 0 spiro atoms. The summed E-state index contributed by atoms with van der Waals surface area (Å²) in [5.74, 6) is -0.474. The molecule has 1 heterocycles. The van der Waals surface area contributed by atoms with Gasteiger partial charge in [0.2, 0.25) is 11.8 Å². The molecule has 1 aliphatic heterocycles. The third kappa shape index (κ3) is 3.69. The number of carbonyl (C=O) groups excluding carboxylic acids is 2. The number of benzene rings is 2. The Bertz CT molecular complexity index is 792. The average Bonchev–Trinajstić information content (AvgIpc) is 3.01. The van der Waals surface area contributed by atoms with Gasteiger partial charge in [-0.1, -0.05) is 48.0 Å². The van der Waals surface area contributed by atoms with Gasteiger partial charge in [0.05, 0.1) is 12.0 Å². The van der Waals surface area contributed by atoms with E-state index in [2.05, 4.69) is 5.32 Å². The Morgan fingerprint density at radius 1 is 1.20 bits per heavy atom. The SMILES string of the molecule is Cc1c(Cl)cccc1NC(=O)C1CC(=O)N(C(C)c2ccccc2)C1. The maximum atomic E-state index is 12.6. The highest BCUT2D eigenvalue weighted by Crippen LogP contribution is 2.30. The molecule has 1 fully saturated rings. The van der Waals surface area contributed by atoms with E-state index in [4.69, 9.17) is 11.6 Å². The maximum Gasteiger partial charge on any atom is 0.229 e. The van der Waals surface area contributed by atoms with Crippen LogP contribution < -0.4 is 5.32 Å². The first-order chi connectivity index (χ1) is 12.0. The van der Waals surface area contributed by atoms with E-state index in [0.29, 0.717) is 17.3 Å². The molecule has 130 valence electrons. The molecule has 5 heteroatoms. The molecule has 2 aromatic rings. The lowest BCUT2D eigenvalue weighted by Gasteiger charge is -2.25. The molecule has 2 unspecified atom stereocenters. The second-order valence-corrected chi connectivity index (χ2v) is 6.84. The average molecular weight is 357 g/mol. The molecule has 1 N–H and O–H groups in total. The summed E-state index contributed by atoms with van der Waals surface area (Å²) >= 11 is 6.10. The van der Waals surface area contributed by atoms with Crippen LogP contribution in [0.15, 0.2) is 48.5 Å². The number of hydrogen-bond donors (Lipinski definition) is 1. The number of nitrogens with one attached hydrogen (secondary N) is 1. The number of likely N-dealkylation sites (tertiary alicyclic amines) is 1. The quantitative estimate of drug-likeness (QED) is 0.892. The van der Waals surface area contributed by atoms with Crippen LogP contribution in [0.2, 0.25) is 5.02 Å². The number of anilines is 1. The fourth-order valence-electron chi connectivity index (χ4n) is 3.17. The standard InChI is InChI=1S/C20H21ClN2O2/c1-13-17(21)9-6-10-18(13)22-20(25)16-11-19(24)23(12-16)14(2)15-7-4-3-5-8-15/h3-10,14,16H,11-12H2,1-2H3,(H,22,25). The van der Waals surface area contributed by atoms with Gasteiger partial charge >= 0.3 is 0 Å². The highest BCUT2D eigenvalue weighted by Gasteiger charge is 2.37. The van der Waals surface area contributed by atoms with Gasteiger partial charge in [-0.2, -0.15) is 0 Å². The zero-order valence-electron chi connectivity index (χ0n) is 14.3. The zero-order valence-corrected chi connectivity index (χ0v) is 15.1. The summed E-state index contributed by atoms with van der Waals surface area (Å²) < 4.78 is 0. The molecular weight excluding hydrogens is 336 g/mol. The number of rotatable bonds is 4. The topological polar surface area (TPSA) is 49.4 Å². The van der Waals surface area contributed by atoms with Crippen LogP contribution in [0.4, 0.5) is 5.69 Å². The predicted molar refractivity (Wildman–Crippen MR) is 99.5 cm³/mol. The summed E-state index contributed by atoms with van der Waals surface area (Å²) in [7, 11) is 0. The lowest BCUT2D eigenvalue weighted by atomic mass is 10.1. The van der Waals surface area contributed by atoms with E-state index >= 15 is 0 Å². The molecule has 1 saturated heterocycles. The molecule has 25 heavy (non-hydrogen) atoms. The molecule has 4 nitrogen and oxygen atoms in total. The van der Waals surface area contributed by atoms with Crippen LogP contribution in [0.25, 0.3) is 0 Å². The summed E-state index contributed by atoms with van der Waals surface area (Å²) in [6.45, 7) is 4.29. The fourth-order valence-corrected chi connectivity index (χ4v) is 3.35. The minimum absolute atomic E-state index is 0.0133. The van der Waals surface area contributed by atoms with Crippen LogP contribution in [-0.4, -0.2) is 23.3 Å². The molecule has 2 atom stereocenters. The van der Waals surface area contributed by atoms with Crippen molar-refractivity contribution in [1.82, 2.24) is 4.90 Å². The summed E-state index contributed by atoms with van der Waals surface area (Å²) in [6, 6.07) is 15.2. The Kier molecular flexibility index (Phi) is 5.09. The van der Waals surface area contributed by atoms with Gasteiger partial charge in [0.1, 0.15) is 0 Å². The number of hydrogen-bond acceptors (Lipinski definition) is 2. The van der Waals surface area contributed by atoms with E-state index in [9.17, 15) is 9.59 Å². The Labute approximate surface area is 152 Å². The molecule has 3 rings (SSSR count). The first-order valence-corrected chi connectivity index (χ1v) is 8.75. The third-order valence-corrected chi connectivity index (χ3v) is 5.21. The van der Waals surface area contributed by atoms with Crippen molar-refractivity contribution in [2.24, 2.45) is 5.92 Å². The van der Waals surface area contributed by atoms with Crippen molar-refractivity contribution in [3.8, 4) is 0 Å². The van der Waals surface area contributed by atoms with Crippen molar-refractivity contribution in [2.75, 3.05) is 11.9 Å². The molecule has 2 aromatic carbocycles. The Morgan fingerprint density at radius 3 is 2.64 bits per heavy atom.